The number of ether oxygens (including phenoxy) is 3. The fourth-order valence-electron chi connectivity index (χ4n) is 3.27. The molecular formula is C21H37IN4O3. The van der Waals surface area contributed by atoms with Gasteiger partial charge in [-0.05, 0) is 33.1 Å². The van der Waals surface area contributed by atoms with Crippen molar-refractivity contribution in [2.75, 3.05) is 58.5 Å². The molecule has 0 aliphatic carbocycles. The molecule has 2 N–H and O–H groups in total. The number of nitrogens with one attached hydrogen (secondary N) is 2. The molecule has 8 heteroatoms. The maximum atomic E-state index is 5.40. The Morgan fingerprint density at radius 1 is 1.10 bits per heavy atom. The topological polar surface area (TPSA) is 67.4 Å². The van der Waals surface area contributed by atoms with E-state index in [1.165, 1.54) is 0 Å². The molecule has 1 saturated heterocycles. The smallest absolute Gasteiger partial charge is 0.191 e. The number of nitrogens with zero attached hydrogens (tertiary/aromatic N) is 2. The highest BCUT2D eigenvalue weighted by molar-refractivity contribution is 14.0. The van der Waals surface area contributed by atoms with Gasteiger partial charge in [0.25, 0.3) is 0 Å². The lowest BCUT2D eigenvalue weighted by atomic mass is 10.0. The molecule has 1 aliphatic rings. The summed E-state index contributed by atoms with van der Waals surface area (Å²) >= 11 is 0. The van der Waals surface area contributed by atoms with E-state index < -0.39 is 0 Å². The van der Waals surface area contributed by atoms with Crippen LogP contribution in [-0.4, -0.2) is 65.6 Å². The van der Waals surface area contributed by atoms with Crippen molar-refractivity contribution in [3.05, 3.63) is 18.2 Å². The zero-order valence-electron chi connectivity index (χ0n) is 18.2. The first-order chi connectivity index (χ1) is 13.7. The zero-order valence-corrected chi connectivity index (χ0v) is 20.5. The van der Waals surface area contributed by atoms with Gasteiger partial charge in [-0.25, -0.2) is 0 Å². The highest BCUT2D eigenvalue weighted by Gasteiger charge is 2.21. The van der Waals surface area contributed by atoms with Crippen LogP contribution in [0.2, 0.25) is 0 Å². The van der Waals surface area contributed by atoms with Crippen molar-refractivity contribution < 1.29 is 14.2 Å². The van der Waals surface area contributed by atoms with Crippen LogP contribution in [0.4, 0.5) is 5.69 Å². The lowest BCUT2D eigenvalue weighted by molar-refractivity contribution is 0.146. The molecule has 1 fully saturated rings. The maximum absolute atomic E-state index is 5.40. The Morgan fingerprint density at radius 3 is 2.31 bits per heavy atom. The predicted molar refractivity (Wildman–Crippen MR) is 130 cm³/mol. The third-order valence-electron chi connectivity index (χ3n) is 4.80. The van der Waals surface area contributed by atoms with Gasteiger partial charge in [-0.1, -0.05) is 0 Å². The van der Waals surface area contributed by atoms with Crippen LogP contribution in [0, 0.1) is 0 Å². The largest absolute Gasteiger partial charge is 0.497 e. The molecule has 1 aromatic rings. The summed E-state index contributed by atoms with van der Waals surface area (Å²) in [5, 5.41) is 6.93. The fraction of sp³-hybridized carbons (Fsp3) is 0.667. The Bertz CT molecular complexity index is 585. The van der Waals surface area contributed by atoms with Gasteiger partial charge in [-0.3, -0.25) is 4.99 Å². The maximum Gasteiger partial charge on any atom is 0.191 e. The zero-order chi connectivity index (χ0) is 20.2. The quantitative estimate of drug-likeness (QED) is 0.214. The number of hydrogen-bond acceptors (Lipinski definition) is 5. The van der Waals surface area contributed by atoms with Crippen LogP contribution in [0.15, 0.2) is 23.2 Å². The molecule has 0 radical (unpaired) electrons. The van der Waals surface area contributed by atoms with E-state index in [0.29, 0.717) is 6.04 Å². The first-order valence-corrected chi connectivity index (χ1v) is 10.3. The van der Waals surface area contributed by atoms with Crippen molar-refractivity contribution in [3.8, 4) is 11.5 Å². The van der Waals surface area contributed by atoms with Gasteiger partial charge in [0.15, 0.2) is 5.96 Å². The molecule has 29 heavy (non-hydrogen) atoms. The summed E-state index contributed by atoms with van der Waals surface area (Å²) in [5.74, 6) is 2.55. The fourth-order valence-corrected chi connectivity index (χ4v) is 3.27. The molecule has 1 heterocycles. The van der Waals surface area contributed by atoms with Gasteiger partial charge < -0.3 is 29.7 Å². The lowest BCUT2D eigenvalue weighted by Gasteiger charge is -2.34. The van der Waals surface area contributed by atoms with E-state index in [2.05, 4.69) is 39.6 Å². The van der Waals surface area contributed by atoms with E-state index >= 15 is 0 Å². The van der Waals surface area contributed by atoms with Crippen LogP contribution in [0.5, 0.6) is 11.5 Å². The molecular weight excluding hydrogens is 483 g/mol. The number of rotatable bonds is 10. The normalized spacial score (nSPS) is 14.9. The minimum atomic E-state index is 0. The molecule has 0 atom stereocenters. The molecule has 1 aliphatic heterocycles. The van der Waals surface area contributed by atoms with Gasteiger partial charge in [-0.2, -0.15) is 0 Å². The summed E-state index contributed by atoms with van der Waals surface area (Å²) in [5.41, 5.74) is 1.14. The van der Waals surface area contributed by atoms with Crippen molar-refractivity contribution in [1.82, 2.24) is 10.6 Å². The third kappa shape index (κ3) is 8.86. The van der Waals surface area contributed by atoms with Crippen molar-refractivity contribution in [2.45, 2.75) is 39.2 Å². The van der Waals surface area contributed by atoms with E-state index in [1.807, 2.05) is 13.0 Å². The van der Waals surface area contributed by atoms with Crippen LogP contribution in [0.3, 0.4) is 0 Å². The minimum Gasteiger partial charge on any atom is -0.497 e. The molecule has 2 rings (SSSR count). The number of piperidine rings is 1. The number of guanidine groups is 1. The van der Waals surface area contributed by atoms with Gasteiger partial charge in [0.2, 0.25) is 0 Å². The van der Waals surface area contributed by atoms with Crippen molar-refractivity contribution in [2.24, 2.45) is 4.99 Å². The number of methoxy groups -OCH3 is 2. The third-order valence-corrected chi connectivity index (χ3v) is 4.80. The second-order valence-corrected chi connectivity index (χ2v) is 6.79. The van der Waals surface area contributed by atoms with Gasteiger partial charge in [-0.15, -0.1) is 24.0 Å². The Hall–Kier alpha value is -1.42. The van der Waals surface area contributed by atoms with Gasteiger partial charge in [0.05, 0.1) is 14.2 Å². The monoisotopic (exact) mass is 520 g/mol. The predicted octanol–water partition coefficient (Wildman–Crippen LogP) is 3.27. The van der Waals surface area contributed by atoms with Crippen LogP contribution in [0.1, 0.15) is 33.1 Å². The summed E-state index contributed by atoms with van der Waals surface area (Å²) in [6.07, 6.45) is 3.06. The molecule has 0 saturated carbocycles. The van der Waals surface area contributed by atoms with Crippen LogP contribution in [-0.2, 0) is 4.74 Å². The second-order valence-electron chi connectivity index (χ2n) is 6.79. The summed E-state index contributed by atoms with van der Waals surface area (Å²) in [6.45, 7) is 9.24. The second kappa shape index (κ2) is 14.5. The standard InChI is InChI=1S/C21H36N4O3.HI/c1-5-22-21(23-10-7-13-28-6-2)24-17-8-11-25(12-9-17)18-14-19(26-3)16-20(15-18)27-4;/h14-17H,5-13H2,1-4H3,(H2,22,23,24);1H. The van der Waals surface area contributed by atoms with Crippen molar-refractivity contribution in [1.29, 1.82) is 0 Å². The molecule has 1 aromatic carbocycles. The molecule has 0 aromatic heterocycles. The Kier molecular flexibility index (Phi) is 12.8. The SMILES string of the molecule is CCNC(=NCCCOCC)NC1CCN(c2cc(OC)cc(OC)c2)CC1.I. The number of anilines is 1. The number of aliphatic imine (C=N–C) groups is 1. The molecule has 7 nitrogen and oxygen atoms in total. The molecule has 166 valence electrons. The molecule has 0 bridgehead atoms. The first kappa shape index (κ1) is 25.6. The number of hydrogen-bond donors (Lipinski definition) is 2. The summed E-state index contributed by atoms with van der Waals surface area (Å²) < 4.78 is 16.2. The van der Waals surface area contributed by atoms with E-state index in [9.17, 15) is 0 Å². The summed E-state index contributed by atoms with van der Waals surface area (Å²) in [4.78, 5) is 7.05. The number of halogens is 1. The van der Waals surface area contributed by atoms with E-state index in [1.54, 1.807) is 14.2 Å². The highest BCUT2D eigenvalue weighted by Crippen LogP contribution is 2.30. The average molecular weight is 520 g/mol. The Balaban J connectivity index is 0.00000420. The highest BCUT2D eigenvalue weighted by atomic mass is 127. The molecule has 0 unspecified atom stereocenters. The van der Waals surface area contributed by atoms with Gasteiger partial charge in [0, 0.05) is 69.3 Å². The van der Waals surface area contributed by atoms with E-state index in [4.69, 9.17) is 14.2 Å². The summed E-state index contributed by atoms with van der Waals surface area (Å²) in [6, 6.07) is 6.47. The minimum absolute atomic E-state index is 0. The lowest BCUT2D eigenvalue weighted by Crippen LogP contribution is -2.48. The molecule has 0 amide bonds. The van der Waals surface area contributed by atoms with Gasteiger partial charge >= 0.3 is 0 Å². The van der Waals surface area contributed by atoms with Crippen LogP contribution in [0.25, 0.3) is 0 Å². The van der Waals surface area contributed by atoms with Crippen LogP contribution < -0.4 is 25.0 Å². The van der Waals surface area contributed by atoms with Crippen LogP contribution >= 0.6 is 24.0 Å². The average Bonchev–Trinajstić information content (AvgIpc) is 2.73. The van der Waals surface area contributed by atoms with Gasteiger partial charge in [0.1, 0.15) is 11.5 Å². The van der Waals surface area contributed by atoms with Crippen molar-refractivity contribution in [3.63, 3.8) is 0 Å². The molecule has 0 spiro atoms. The van der Waals surface area contributed by atoms with E-state index in [0.717, 1.165) is 81.8 Å². The Morgan fingerprint density at radius 2 is 1.76 bits per heavy atom. The number of benzene rings is 1. The Labute approximate surface area is 192 Å². The summed E-state index contributed by atoms with van der Waals surface area (Å²) in [7, 11) is 3.37. The first-order valence-electron chi connectivity index (χ1n) is 10.3. The van der Waals surface area contributed by atoms with Crippen molar-refractivity contribution >= 4 is 35.6 Å². The van der Waals surface area contributed by atoms with E-state index in [-0.39, 0.29) is 24.0 Å².